The first-order valence-corrected chi connectivity index (χ1v) is 8.72. The summed E-state index contributed by atoms with van der Waals surface area (Å²) in [6, 6.07) is 7.67. The quantitative estimate of drug-likeness (QED) is 0.365. The van der Waals surface area contributed by atoms with E-state index in [0.717, 1.165) is 11.1 Å². The van der Waals surface area contributed by atoms with Crippen molar-refractivity contribution in [3.8, 4) is 0 Å². The van der Waals surface area contributed by atoms with Crippen molar-refractivity contribution in [2.45, 2.75) is 0 Å². The molecule has 0 saturated heterocycles. The summed E-state index contributed by atoms with van der Waals surface area (Å²) >= 11 is 0. The lowest BCUT2D eigenvalue weighted by atomic mass is 10.3. The van der Waals surface area contributed by atoms with Crippen LogP contribution in [0.15, 0.2) is 86.9 Å². The van der Waals surface area contributed by atoms with Crippen molar-refractivity contribution in [1.29, 1.82) is 0 Å². The average molecular weight is 363 g/mol. The molecule has 0 fully saturated rings. The Morgan fingerprint density at radius 1 is 1.04 bits per heavy atom. The van der Waals surface area contributed by atoms with E-state index in [0.29, 0.717) is 0 Å². The topological polar surface area (TPSA) is 103 Å². The van der Waals surface area contributed by atoms with Crippen LogP contribution in [0.4, 0.5) is 0 Å². The van der Waals surface area contributed by atoms with E-state index in [1.165, 1.54) is 31.5 Å². The molecule has 10 heteroatoms. The molecule has 1 N–H and O–H groups in total. The number of hydrogen-bond donors (Lipinski definition) is 1. The third-order valence-electron chi connectivity index (χ3n) is 2.15. The summed E-state index contributed by atoms with van der Waals surface area (Å²) in [5.74, 6) is 0. The van der Waals surface area contributed by atoms with Crippen molar-refractivity contribution in [3.05, 3.63) is 73.6 Å². The molecule has 0 saturated carbocycles. The first kappa shape index (κ1) is 17.6. The van der Waals surface area contributed by atoms with Crippen LogP contribution < -0.4 is 4.72 Å². The zero-order valence-electron chi connectivity index (χ0n) is 12.3. The largest absolute Gasteiger partial charge is 0.452 e. The van der Waals surface area contributed by atoms with E-state index in [-0.39, 0.29) is 0 Å². The van der Waals surface area contributed by atoms with Gasteiger partial charge in [0, 0.05) is 27.9 Å². The zero-order chi connectivity index (χ0) is 16.7. The molecule has 1 aliphatic rings. The van der Waals surface area contributed by atoms with Crippen LogP contribution in [0.3, 0.4) is 0 Å². The molecule has 8 nitrogen and oxygen atoms in total. The van der Waals surface area contributed by atoms with Crippen molar-refractivity contribution in [1.82, 2.24) is 25.1 Å². The molecular weight excluding hydrogens is 350 g/mol. The molecule has 4 heterocycles. The molecule has 1 aromatic carbocycles. The van der Waals surface area contributed by atoms with Crippen molar-refractivity contribution in [2.24, 2.45) is 0 Å². The van der Waals surface area contributed by atoms with Gasteiger partial charge in [0.25, 0.3) is 0 Å². The van der Waals surface area contributed by atoms with Crippen LogP contribution in [0, 0.1) is 0 Å². The maximum atomic E-state index is 5.01. The van der Waals surface area contributed by atoms with Crippen LogP contribution >= 0.6 is 21.8 Å². The summed E-state index contributed by atoms with van der Waals surface area (Å²) in [7, 11) is 3.33. The molecule has 0 aliphatic carbocycles. The first-order chi connectivity index (χ1) is 12.0. The van der Waals surface area contributed by atoms with Crippen LogP contribution in [-0.2, 0) is 0 Å². The highest BCUT2D eigenvalue weighted by molar-refractivity contribution is 8.77. The van der Waals surface area contributed by atoms with Gasteiger partial charge >= 0.3 is 0 Å². The number of para-hydroxylation sites is 2. The van der Waals surface area contributed by atoms with Gasteiger partial charge in [-0.2, -0.15) is 0 Å². The molecule has 5 rings (SSSR count). The van der Waals surface area contributed by atoms with Gasteiger partial charge in [0.2, 0.25) is 0 Å². The number of nitrogens with zero attached hydrogens (tertiary/aromatic N) is 4. The summed E-state index contributed by atoms with van der Waals surface area (Å²) in [5, 5.41) is 8.41. The minimum atomic E-state index is 0.845. The Morgan fingerprint density at radius 3 is 2.46 bits per heavy atom. The Balaban J connectivity index is 0.000000121. The van der Waals surface area contributed by atoms with Gasteiger partial charge in [0.1, 0.15) is 18.0 Å². The highest BCUT2D eigenvalue weighted by Crippen LogP contribution is 2.22. The van der Waals surface area contributed by atoms with Gasteiger partial charge in [-0.05, 0) is 22.9 Å². The van der Waals surface area contributed by atoms with Gasteiger partial charge in [-0.25, -0.2) is 9.97 Å². The number of benzene rings is 1. The van der Waals surface area contributed by atoms with E-state index in [9.17, 15) is 0 Å². The normalized spacial score (nSPS) is 11.2. The summed E-state index contributed by atoms with van der Waals surface area (Å²) in [6.07, 6.45) is 10.7. The third kappa shape index (κ3) is 7.51. The number of aromatic nitrogens is 4. The third-order valence-corrected chi connectivity index (χ3v) is 3.64. The Hall–Kier alpha value is -2.72. The number of hydrogen-bond acceptors (Lipinski definition) is 10. The van der Waals surface area contributed by atoms with E-state index in [2.05, 4.69) is 34.0 Å². The van der Waals surface area contributed by atoms with Crippen LogP contribution in [0.25, 0.3) is 11.1 Å². The summed E-state index contributed by atoms with van der Waals surface area (Å²) in [6.45, 7) is 0. The summed E-state index contributed by atoms with van der Waals surface area (Å²) in [4.78, 5) is 7.51. The fraction of sp³-hybridized carbons (Fsp3) is 0. The molecule has 1 aliphatic heterocycles. The van der Waals surface area contributed by atoms with Crippen molar-refractivity contribution < 1.29 is 13.4 Å². The number of rotatable bonds is 0. The van der Waals surface area contributed by atoms with Gasteiger partial charge in [-0.15, -0.1) is 5.10 Å². The monoisotopic (exact) mass is 363 g/mol. The van der Waals surface area contributed by atoms with E-state index >= 15 is 0 Å². The van der Waals surface area contributed by atoms with E-state index in [1.54, 1.807) is 28.0 Å². The standard InChI is InChI=1S/C7H5NO.C3H3NO.C2H2N2O.C2H3NS2/c1-2-4-7-6(3-1)8-5-9-7;1-2-5-3-4-1;1-2-5-4-3-1;1-2-4-5-3-1/h1-5H;1-3H;1-2H;1-3H. The van der Waals surface area contributed by atoms with Gasteiger partial charge in [-0.1, -0.05) is 12.1 Å². The molecule has 4 aromatic rings. The highest BCUT2D eigenvalue weighted by Gasteiger charge is 1.91. The first-order valence-electron chi connectivity index (χ1n) is 6.51. The van der Waals surface area contributed by atoms with Crippen molar-refractivity contribution in [2.75, 3.05) is 0 Å². The summed E-state index contributed by atoms with van der Waals surface area (Å²) in [5.41, 5.74) is 1.76. The summed E-state index contributed by atoms with van der Waals surface area (Å²) < 4.78 is 16.6. The number of fused-ring (bicyclic) bond motifs is 1. The number of nitrogens with one attached hydrogen (secondary N) is 1. The minimum Gasteiger partial charge on any atom is -0.452 e. The second kappa shape index (κ2) is 11.8. The zero-order valence-corrected chi connectivity index (χ0v) is 13.9. The minimum absolute atomic E-state index is 0.845. The van der Waals surface area contributed by atoms with Crippen LogP contribution in [0.2, 0.25) is 0 Å². The van der Waals surface area contributed by atoms with E-state index in [1.807, 2.05) is 35.9 Å². The Morgan fingerprint density at radius 2 is 2.00 bits per heavy atom. The second-order valence-electron chi connectivity index (χ2n) is 3.68. The smallest absolute Gasteiger partial charge is 0.181 e. The Labute approximate surface area is 145 Å². The Bertz CT molecular complexity index is 678. The van der Waals surface area contributed by atoms with Crippen LogP contribution in [-0.4, -0.2) is 20.3 Å². The predicted molar refractivity (Wildman–Crippen MR) is 92.3 cm³/mol. The maximum Gasteiger partial charge on any atom is 0.181 e. The lowest BCUT2D eigenvalue weighted by Gasteiger charge is -1.79. The van der Waals surface area contributed by atoms with E-state index < -0.39 is 0 Å². The van der Waals surface area contributed by atoms with Crippen molar-refractivity contribution in [3.63, 3.8) is 0 Å². The van der Waals surface area contributed by atoms with Crippen molar-refractivity contribution >= 4 is 32.9 Å². The fourth-order valence-corrected chi connectivity index (χ4v) is 2.37. The lowest BCUT2D eigenvalue weighted by molar-refractivity contribution is 0.393. The van der Waals surface area contributed by atoms with Crippen LogP contribution in [0.5, 0.6) is 0 Å². The number of oxazole rings is 2. The molecule has 0 atom stereocenters. The predicted octanol–water partition coefficient (Wildman–Crippen LogP) is 3.93. The molecule has 24 heavy (non-hydrogen) atoms. The molecule has 0 spiro atoms. The molecule has 0 bridgehead atoms. The molecule has 124 valence electrons. The Kier molecular flexibility index (Phi) is 8.67. The molecule has 0 amide bonds. The lowest BCUT2D eigenvalue weighted by Crippen LogP contribution is -1.76. The van der Waals surface area contributed by atoms with Gasteiger partial charge in [0.05, 0.1) is 12.4 Å². The molecular formula is C14H13N5O3S2. The van der Waals surface area contributed by atoms with Gasteiger partial charge in [-0.3, -0.25) is 0 Å². The average Bonchev–Trinajstić information content (AvgIpc) is 3.48. The molecule has 3 aromatic heterocycles. The van der Waals surface area contributed by atoms with Gasteiger partial charge in [0.15, 0.2) is 18.4 Å². The fourth-order valence-electron chi connectivity index (χ4n) is 1.25. The van der Waals surface area contributed by atoms with E-state index in [4.69, 9.17) is 4.42 Å². The van der Waals surface area contributed by atoms with Gasteiger partial charge < -0.3 is 18.1 Å². The second-order valence-corrected chi connectivity index (χ2v) is 5.63. The molecule has 0 radical (unpaired) electrons. The SMILES string of the molecule is C1=CSSN1.c1ccc2ocnc2c1.c1cocn1.c1conn1. The van der Waals surface area contributed by atoms with Crippen LogP contribution in [0.1, 0.15) is 0 Å². The molecule has 0 unspecified atom stereocenters. The highest BCUT2D eigenvalue weighted by atomic mass is 33.1. The maximum absolute atomic E-state index is 5.01.